The Kier molecular flexibility index (Phi) is 2.52. The first-order valence-corrected chi connectivity index (χ1v) is 4.85. The average molecular weight is 196 g/mol. The molecule has 14 heavy (non-hydrogen) atoms. The van der Waals surface area contributed by atoms with Crippen LogP contribution in [0.3, 0.4) is 0 Å². The lowest BCUT2D eigenvalue weighted by Crippen LogP contribution is -2.05. The number of nitrogens with one attached hydrogen (secondary N) is 1. The topological polar surface area (TPSA) is 34.2 Å². The molecule has 0 saturated heterocycles. The smallest absolute Gasteiger partial charge is 0.237 e. The van der Waals surface area contributed by atoms with Gasteiger partial charge in [0.2, 0.25) is 5.88 Å². The number of hydrogen-bond acceptors (Lipinski definition) is 3. The molecule has 0 spiro atoms. The van der Waals surface area contributed by atoms with E-state index >= 15 is 0 Å². The van der Waals surface area contributed by atoms with E-state index in [9.17, 15) is 4.39 Å². The maximum Gasteiger partial charge on any atom is 0.237 e. The first kappa shape index (κ1) is 9.24. The third-order valence-electron chi connectivity index (χ3n) is 1.99. The minimum Gasteiger partial charge on any atom is -0.473 e. The molecule has 0 atom stereocenters. The summed E-state index contributed by atoms with van der Waals surface area (Å²) < 4.78 is 18.4. The molecule has 0 bridgehead atoms. The molecule has 3 nitrogen and oxygen atoms in total. The normalized spacial score (nSPS) is 15.3. The summed E-state index contributed by atoms with van der Waals surface area (Å²) in [5.41, 5.74) is 0.638. The molecule has 1 saturated carbocycles. The summed E-state index contributed by atoms with van der Waals surface area (Å²) in [6.45, 7) is 2.68. The third-order valence-corrected chi connectivity index (χ3v) is 1.99. The van der Waals surface area contributed by atoms with Gasteiger partial charge in [-0.1, -0.05) is 0 Å². The lowest BCUT2D eigenvalue weighted by molar-refractivity contribution is 0.292. The van der Waals surface area contributed by atoms with E-state index in [1.807, 2.05) is 6.92 Å². The van der Waals surface area contributed by atoms with Crippen molar-refractivity contribution in [1.82, 2.24) is 4.98 Å². The fraction of sp³-hybridized carbons (Fsp3) is 0.500. The Morgan fingerprint density at radius 3 is 3.07 bits per heavy atom. The van der Waals surface area contributed by atoms with Crippen molar-refractivity contribution in [3.05, 3.63) is 18.1 Å². The second-order valence-electron chi connectivity index (χ2n) is 3.35. The van der Waals surface area contributed by atoms with Gasteiger partial charge in [-0.3, -0.25) is 0 Å². The zero-order chi connectivity index (χ0) is 9.97. The van der Waals surface area contributed by atoms with Crippen molar-refractivity contribution in [1.29, 1.82) is 0 Å². The Hall–Kier alpha value is -1.32. The zero-order valence-electron chi connectivity index (χ0n) is 8.09. The minimum atomic E-state index is -0.343. The van der Waals surface area contributed by atoms with Crippen LogP contribution in [-0.4, -0.2) is 17.6 Å². The molecular weight excluding hydrogens is 183 g/mol. The van der Waals surface area contributed by atoms with Crippen LogP contribution >= 0.6 is 0 Å². The van der Waals surface area contributed by atoms with E-state index in [0.717, 1.165) is 19.4 Å². The van der Waals surface area contributed by atoms with Crippen molar-refractivity contribution >= 4 is 5.69 Å². The fourth-order valence-corrected chi connectivity index (χ4v) is 1.18. The van der Waals surface area contributed by atoms with Crippen LogP contribution in [-0.2, 0) is 0 Å². The third kappa shape index (κ3) is 2.13. The second kappa shape index (κ2) is 3.82. The standard InChI is InChI=1S/C10H13FN2O/c1-2-12-9-5-7(11)6-13-10(9)14-8-3-4-8/h5-6,8,12H,2-4H2,1H3. The van der Waals surface area contributed by atoms with Crippen LogP contribution in [0.2, 0.25) is 0 Å². The summed E-state index contributed by atoms with van der Waals surface area (Å²) >= 11 is 0. The van der Waals surface area contributed by atoms with Gasteiger partial charge in [-0.2, -0.15) is 0 Å². The van der Waals surface area contributed by atoms with Crippen molar-refractivity contribution in [2.45, 2.75) is 25.9 Å². The number of nitrogens with zero attached hydrogens (tertiary/aromatic N) is 1. The number of aromatic nitrogens is 1. The van der Waals surface area contributed by atoms with E-state index in [2.05, 4.69) is 10.3 Å². The van der Waals surface area contributed by atoms with Crippen molar-refractivity contribution < 1.29 is 9.13 Å². The first-order chi connectivity index (χ1) is 6.79. The lowest BCUT2D eigenvalue weighted by atomic mass is 10.4. The Morgan fingerprint density at radius 1 is 1.64 bits per heavy atom. The van der Waals surface area contributed by atoms with Gasteiger partial charge in [-0.15, -0.1) is 0 Å². The zero-order valence-corrected chi connectivity index (χ0v) is 8.09. The number of pyridine rings is 1. The Bertz CT molecular complexity index is 326. The number of ether oxygens (including phenoxy) is 1. The number of hydrogen-bond donors (Lipinski definition) is 1. The second-order valence-corrected chi connectivity index (χ2v) is 3.35. The van der Waals surface area contributed by atoms with Crippen LogP contribution in [0.25, 0.3) is 0 Å². The highest BCUT2D eigenvalue weighted by Gasteiger charge is 2.25. The molecule has 2 rings (SSSR count). The predicted octanol–water partition coefficient (Wildman–Crippen LogP) is 2.19. The van der Waals surface area contributed by atoms with Gasteiger partial charge in [0.1, 0.15) is 17.6 Å². The molecule has 76 valence electrons. The molecule has 0 aliphatic heterocycles. The van der Waals surface area contributed by atoms with Gasteiger partial charge in [-0.05, 0) is 19.8 Å². The van der Waals surface area contributed by atoms with Gasteiger partial charge in [0.05, 0.1) is 6.20 Å². The number of halogens is 1. The van der Waals surface area contributed by atoms with Crippen LogP contribution in [0.5, 0.6) is 5.88 Å². The molecule has 1 aromatic heterocycles. The SMILES string of the molecule is CCNc1cc(F)cnc1OC1CC1. The highest BCUT2D eigenvalue weighted by atomic mass is 19.1. The summed E-state index contributed by atoms with van der Waals surface area (Å²) in [4.78, 5) is 3.92. The Labute approximate surface area is 82.3 Å². The quantitative estimate of drug-likeness (QED) is 0.801. The van der Waals surface area contributed by atoms with Gasteiger partial charge < -0.3 is 10.1 Å². The lowest BCUT2D eigenvalue weighted by Gasteiger charge is -2.10. The van der Waals surface area contributed by atoms with Crippen LogP contribution in [0, 0.1) is 5.82 Å². The molecule has 0 unspecified atom stereocenters. The van der Waals surface area contributed by atoms with Gasteiger partial charge in [0.15, 0.2) is 0 Å². The maximum atomic E-state index is 12.9. The maximum absolute atomic E-state index is 12.9. The minimum absolute atomic E-state index is 0.283. The van der Waals surface area contributed by atoms with Crippen molar-refractivity contribution in [2.75, 3.05) is 11.9 Å². The average Bonchev–Trinajstić information content (AvgIpc) is 2.94. The molecule has 1 aliphatic carbocycles. The van der Waals surface area contributed by atoms with Crippen LogP contribution in [0.15, 0.2) is 12.3 Å². The van der Waals surface area contributed by atoms with Crippen LogP contribution < -0.4 is 10.1 Å². The molecular formula is C10H13FN2O. The largest absolute Gasteiger partial charge is 0.473 e. The van der Waals surface area contributed by atoms with E-state index in [1.165, 1.54) is 12.3 Å². The molecule has 1 aromatic rings. The van der Waals surface area contributed by atoms with E-state index in [-0.39, 0.29) is 11.9 Å². The van der Waals surface area contributed by atoms with Crippen molar-refractivity contribution in [3.8, 4) is 5.88 Å². The first-order valence-electron chi connectivity index (χ1n) is 4.85. The van der Waals surface area contributed by atoms with Crippen LogP contribution in [0.1, 0.15) is 19.8 Å². The summed E-state index contributed by atoms with van der Waals surface area (Å²) in [5, 5.41) is 3.02. The van der Waals surface area contributed by atoms with E-state index in [1.54, 1.807) is 0 Å². The van der Waals surface area contributed by atoms with Crippen molar-refractivity contribution in [3.63, 3.8) is 0 Å². The summed E-state index contributed by atoms with van der Waals surface area (Å²) in [5.74, 6) is 0.167. The molecule has 1 aliphatic rings. The fourth-order valence-electron chi connectivity index (χ4n) is 1.18. The molecule has 0 amide bonds. The van der Waals surface area contributed by atoms with Gasteiger partial charge in [0.25, 0.3) is 0 Å². The Morgan fingerprint density at radius 2 is 2.43 bits per heavy atom. The molecule has 4 heteroatoms. The van der Waals surface area contributed by atoms with E-state index in [4.69, 9.17) is 4.74 Å². The summed E-state index contributed by atoms with van der Waals surface area (Å²) in [6.07, 6.45) is 3.61. The van der Waals surface area contributed by atoms with Gasteiger partial charge in [0, 0.05) is 12.6 Å². The number of anilines is 1. The van der Waals surface area contributed by atoms with Gasteiger partial charge >= 0.3 is 0 Å². The summed E-state index contributed by atoms with van der Waals surface area (Å²) in [7, 11) is 0. The molecule has 0 aromatic carbocycles. The monoisotopic (exact) mass is 196 g/mol. The molecule has 0 radical (unpaired) electrons. The van der Waals surface area contributed by atoms with Crippen molar-refractivity contribution in [2.24, 2.45) is 0 Å². The molecule has 1 N–H and O–H groups in total. The predicted molar refractivity (Wildman–Crippen MR) is 52.0 cm³/mol. The highest BCUT2D eigenvalue weighted by Crippen LogP contribution is 2.30. The van der Waals surface area contributed by atoms with E-state index < -0.39 is 0 Å². The highest BCUT2D eigenvalue weighted by molar-refractivity contribution is 5.52. The molecule has 1 heterocycles. The van der Waals surface area contributed by atoms with E-state index in [0.29, 0.717) is 11.6 Å². The molecule has 1 fully saturated rings. The van der Waals surface area contributed by atoms with Gasteiger partial charge in [-0.25, -0.2) is 9.37 Å². The Balaban J connectivity index is 2.17. The van der Waals surface area contributed by atoms with Crippen LogP contribution in [0.4, 0.5) is 10.1 Å². The summed E-state index contributed by atoms with van der Waals surface area (Å²) in [6, 6.07) is 1.41. The number of rotatable bonds is 4.